The van der Waals surface area contributed by atoms with Crippen LogP contribution in [0.15, 0.2) is 29.2 Å². The summed E-state index contributed by atoms with van der Waals surface area (Å²) in [6.07, 6.45) is -3.98. The highest BCUT2D eigenvalue weighted by Crippen LogP contribution is 2.33. The summed E-state index contributed by atoms with van der Waals surface area (Å²) in [5, 5.41) is 9.16. The van der Waals surface area contributed by atoms with Gasteiger partial charge in [-0.05, 0) is 31.4 Å². The second-order valence-electron chi connectivity index (χ2n) is 4.96. The van der Waals surface area contributed by atoms with E-state index >= 15 is 0 Å². The van der Waals surface area contributed by atoms with Gasteiger partial charge in [-0.15, -0.1) is 13.2 Å². The molecule has 10 heteroatoms. The van der Waals surface area contributed by atoms with E-state index < -0.39 is 39.0 Å². The second-order valence-corrected chi connectivity index (χ2v) is 6.82. The summed E-state index contributed by atoms with van der Waals surface area (Å²) in [6.45, 7) is -0.0698. The number of sulfonamides is 1. The quantitative estimate of drug-likeness (QED) is 0.897. The zero-order valence-electron chi connectivity index (χ0n) is 11.8. The van der Waals surface area contributed by atoms with Crippen molar-refractivity contribution in [1.82, 2.24) is 4.31 Å². The number of nitrogens with zero attached hydrogens (tertiary/aromatic N) is 1. The monoisotopic (exact) mass is 353 g/mol. The highest BCUT2D eigenvalue weighted by atomic mass is 32.2. The Bertz CT molecular complexity index is 689. The van der Waals surface area contributed by atoms with Crippen LogP contribution in [0.2, 0.25) is 0 Å². The van der Waals surface area contributed by atoms with Crippen molar-refractivity contribution in [1.29, 1.82) is 0 Å². The smallest absolute Gasteiger partial charge is 0.480 e. The molecule has 1 aliphatic heterocycles. The van der Waals surface area contributed by atoms with Crippen molar-refractivity contribution in [2.24, 2.45) is 0 Å². The Labute approximate surface area is 130 Å². The lowest BCUT2D eigenvalue weighted by Crippen LogP contribution is -2.47. The molecule has 0 saturated carbocycles. The first-order valence-corrected chi connectivity index (χ1v) is 8.16. The van der Waals surface area contributed by atoms with Crippen LogP contribution >= 0.6 is 0 Å². The number of piperidine rings is 1. The molecule has 1 fully saturated rings. The Kier molecular flexibility index (Phi) is 4.85. The molecule has 0 radical (unpaired) electrons. The van der Waals surface area contributed by atoms with E-state index in [1.165, 1.54) is 12.1 Å². The predicted octanol–water partition coefficient (Wildman–Crippen LogP) is 2.21. The van der Waals surface area contributed by atoms with Gasteiger partial charge in [0.1, 0.15) is 16.7 Å². The highest BCUT2D eigenvalue weighted by Gasteiger charge is 2.40. The number of carboxylic acids is 1. The second kappa shape index (κ2) is 6.36. The van der Waals surface area contributed by atoms with Crippen LogP contribution in [0.1, 0.15) is 19.3 Å². The predicted molar refractivity (Wildman–Crippen MR) is 72.3 cm³/mol. The molecule has 1 unspecified atom stereocenters. The summed E-state index contributed by atoms with van der Waals surface area (Å²) in [5.41, 5.74) is 0. The third-order valence-corrected chi connectivity index (χ3v) is 5.35. The third kappa shape index (κ3) is 3.94. The van der Waals surface area contributed by atoms with Gasteiger partial charge in [-0.1, -0.05) is 12.1 Å². The van der Waals surface area contributed by atoms with Crippen LogP contribution < -0.4 is 4.74 Å². The van der Waals surface area contributed by atoms with E-state index in [2.05, 4.69) is 4.74 Å². The van der Waals surface area contributed by atoms with Gasteiger partial charge in [0.25, 0.3) is 0 Å². The largest absolute Gasteiger partial charge is 0.573 e. The maximum absolute atomic E-state index is 12.6. The molecule has 0 aliphatic carbocycles. The number of halogens is 3. The van der Waals surface area contributed by atoms with E-state index in [-0.39, 0.29) is 13.0 Å². The maximum atomic E-state index is 12.6. The zero-order valence-corrected chi connectivity index (χ0v) is 12.6. The standard InChI is InChI=1S/C13H14F3NO5S/c14-13(15,16)22-10-6-1-2-7-11(10)23(20,21)17-8-4-3-5-9(17)12(18)19/h1-2,6-7,9H,3-5,8H2,(H,18,19). The molecule has 1 heterocycles. The molecule has 1 saturated heterocycles. The summed E-state index contributed by atoms with van der Waals surface area (Å²) >= 11 is 0. The Morgan fingerprint density at radius 1 is 1.26 bits per heavy atom. The molecule has 0 aromatic heterocycles. The fourth-order valence-corrected chi connectivity index (χ4v) is 4.21. The third-order valence-electron chi connectivity index (χ3n) is 3.40. The first-order valence-electron chi connectivity index (χ1n) is 6.72. The van der Waals surface area contributed by atoms with Gasteiger partial charge < -0.3 is 9.84 Å². The molecular formula is C13H14F3NO5S. The van der Waals surface area contributed by atoms with E-state index in [0.29, 0.717) is 12.8 Å². The van der Waals surface area contributed by atoms with Crippen molar-refractivity contribution < 1.29 is 36.2 Å². The topological polar surface area (TPSA) is 83.9 Å². The lowest BCUT2D eigenvalue weighted by atomic mass is 10.1. The van der Waals surface area contributed by atoms with Gasteiger partial charge in [-0.25, -0.2) is 8.42 Å². The number of alkyl halides is 3. The van der Waals surface area contributed by atoms with Crippen molar-refractivity contribution in [2.45, 2.75) is 36.6 Å². The van der Waals surface area contributed by atoms with Gasteiger partial charge in [0, 0.05) is 6.54 Å². The molecule has 1 N–H and O–H groups in total. The van der Waals surface area contributed by atoms with Gasteiger partial charge in [0.15, 0.2) is 0 Å². The van der Waals surface area contributed by atoms with Crippen LogP contribution in [0.5, 0.6) is 5.75 Å². The molecule has 0 spiro atoms. The summed E-state index contributed by atoms with van der Waals surface area (Å²) in [4.78, 5) is 10.5. The molecule has 128 valence electrons. The summed E-state index contributed by atoms with van der Waals surface area (Å²) < 4.78 is 67.0. The molecular weight excluding hydrogens is 339 g/mol. The number of hydrogen-bond donors (Lipinski definition) is 1. The Hall–Kier alpha value is -1.81. The molecule has 23 heavy (non-hydrogen) atoms. The van der Waals surface area contributed by atoms with E-state index in [0.717, 1.165) is 16.4 Å². The first kappa shape index (κ1) is 17.5. The van der Waals surface area contributed by atoms with Crippen LogP contribution in [0.25, 0.3) is 0 Å². The summed E-state index contributed by atoms with van der Waals surface area (Å²) in [7, 11) is -4.43. The van der Waals surface area contributed by atoms with Crippen LogP contribution in [-0.4, -0.2) is 42.7 Å². The van der Waals surface area contributed by atoms with E-state index in [1.54, 1.807) is 0 Å². The number of hydrogen-bond acceptors (Lipinski definition) is 4. The van der Waals surface area contributed by atoms with Gasteiger partial charge in [-0.3, -0.25) is 4.79 Å². The van der Waals surface area contributed by atoms with Crippen molar-refractivity contribution in [2.75, 3.05) is 6.54 Å². The number of carbonyl (C=O) groups is 1. The van der Waals surface area contributed by atoms with Crippen molar-refractivity contribution in [3.63, 3.8) is 0 Å². The first-order chi connectivity index (χ1) is 10.6. The molecule has 1 aromatic rings. The fraction of sp³-hybridized carbons (Fsp3) is 0.462. The number of para-hydroxylation sites is 1. The molecule has 1 atom stereocenters. The Morgan fingerprint density at radius 2 is 1.91 bits per heavy atom. The molecule has 0 bridgehead atoms. The lowest BCUT2D eigenvalue weighted by Gasteiger charge is -2.32. The van der Waals surface area contributed by atoms with Crippen LogP contribution in [0.3, 0.4) is 0 Å². The number of carboxylic acid groups (broad SMARTS) is 1. The summed E-state index contributed by atoms with van der Waals surface area (Å²) in [6, 6.07) is 2.98. The Balaban J connectivity index is 2.45. The molecule has 2 rings (SSSR count). The van der Waals surface area contributed by atoms with Crippen LogP contribution in [0.4, 0.5) is 13.2 Å². The van der Waals surface area contributed by atoms with E-state index in [4.69, 9.17) is 5.11 Å². The lowest BCUT2D eigenvalue weighted by molar-refractivity contribution is -0.275. The molecule has 1 aliphatic rings. The van der Waals surface area contributed by atoms with Gasteiger partial charge in [-0.2, -0.15) is 4.31 Å². The minimum absolute atomic E-state index is 0.0698. The zero-order chi connectivity index (χ0) is 17.3. The summed E-state index contributed by atoms with van der Waals surface area (Å²) in [5.74, 6) is -2.21. The molecule has 6 nitrogen and oxygen atoms in total. The van der Waals surface area contributed by atoms with Crippen molar-refractivity contribution in [3.8, 4) is 5.75 Å². The average molecular weight is 353 g/mol. The van der Waals surface area contributed by atoms with E-state index in [9.17, 15) is 26.4 Å². The van der Waals surface area contributed by atoms with Crippen molar-refractivity contribution in [3.05, 3.63) is 24.3 Å². The number of benzene rings is 1. The van der Waals surface area contributed by atoms with Gasteiger partial charge in [0.05, 0.1) is 0 Å². The number of ether oxygens (including phenoxy) is 1. The number of aliphatic carboxylic acids is 1. The van der Waals surface area contributed by atoms with E-state index in [1.807, 2.05) is 0 Å². The van der Waals surface area contributed by atoms with Crippen molar-refractivity contribution >= 4 is 16.0 Å². The minimum atomic E-state index is -5.06. The maximum Gasteiger partial charge on any atom is 0.573 e. The SMILES string of the molecule is O=C(O)C1CCCCN1S(=O)(=O)c1ccccc1OC(F)(F)F. The van der Waals surface area contributed by atoms with Crippen LogP contribution in [0, 0.1) is 0 Å². The number of rotatable bonds is 4. The highest BCUT2D eigenvalue weighted by molar-refractivity contribution is 7.89. The average Bonchev–Trinajstić information content (AvgIpc) is 2.46. The van der Waals surface area contributed by atoms with Gasteiger partial charge in [0.2, 0.25) is 10.0 Å². The van der Waals surface area contributed by atoms with Crippen LogP contribution in [-0.2, 0) is 14.8 Å². The van der Waals surface area contributed by atoms with Gasteiger partial charge >= 0.3 is 12.3 Å². The fourth-order valence-electron chi connectivity index (χ4n) is 2.44. The Morgan fingerprint density at radius 3 is 2.52 bits per heavy atom. The minimum Gasteiger partial charge on any atom is -0.480 e. The molecule has 0 amide bonds. The molecule has 1 aromatic carbocycles. The normalized spacial score (nSPS) is 20.2.